The SMILES string of the molecule is CS(=O)(=O)c1c([C@H]2C[C@H]3CC[C@@H](C2)N3C(=O)CO)nc2c(N3C=NC(C4(O)CCC4)=CC3)cnn2c1N. The molecule has 3 fully saturated rings. The number of nitrogens with two attached hydrogens (primary N) is 1. The minimum atomic E-state index is -3.74. The Hall–Kier alpha value is -3.03. The van der Waals surface area contributed by atoms with Crippen molar-refractivity contribution in [2.75, 3.05) is 30.0 Å². The highest BCUT2D eigenvalue weighted by atomic mass is 32.2. The molecular weight excluding hydrogens is 498 g/mol. The molecule has 13 heteroatoms. The molecule has 6 rings (SSSR count). The number of aliphatic hydroxyl groups excluding tert-OH is 1. The highest BCUT2D eigenvalue weighted by molar-refractivity contribution is 7.91. The molecule has 2 saturated heterocycles. The molecule has 0 aromatic carbocycles. The van der Waals surface area contributed by atoms with Gasteiger partial charge in [0.1, 0.15) is 28.6 Å². The van der Waals surface area contributed by atoms with Gasteiger partial charge in [0.15, 0.2) is 15.5 Å². The van der Waals surface area contributed by atoms with Crippen LogP contribution < -0.4 is 10.6 Å². The number of hydrogen-bond donors (Lipinski definition) is 3. The van der Waals surface area contributed by atoms with Gasteiger partial charge in [0, 0.05) is 30.8 Å². The first-order valence-corrected chi connectivity index (χ1v) is 14.5. The van der Waals surface area contributed by atoms with Gasteiger partial charge in [-0.1, -0.05) is 0 Å². The van der Waals surface area contributed by atoms with Crippen molar-refractivity contribution in [2.45, 2.75) is 73.4 Å². The number of carbonyl (C=O) groups excluding carboxylic acids is 1. The van der Waals surface area contributed by atoms with Crippen LogP contribution in [0.25, 0.3) is 5.65 Å². The lowest BCUT2D eigenvalue weighted by atomic mass is 9.77. The van der Waals surface area contributed by atoms with Crippen LogP contribution in [0, 0.1) is 0 Å². The van der Waals surface area contributed by atoms with Gasteiger partial charge in [-0.3, -0.25) is 4.79 Å². The summed E-state index contributed by atoms with van der Waals surface area (Å²) in [6.07, 6.45) is 11.3. The molecule has 0 spiro atoms. The van der Waals surface area contributed by atoms with Gasteiger partial charge in [0.25, 0.3) is 0 Å². The fourth-order valence-electron chi connectivity index (χ4n) is 6.41. The lowest BCUT2D eigenvalue weighted by molar-refractivity contribution is -0.138. The smallest absolute Gasteiger partial charge is 0.248 e. The number of carbonyl (C=O) groups is 1. The van der Waals surface area contributed by atoms with Crippen LogP contribution >= 0.6 is 0 Å². The molecule has 198 valence electrons. The average molecular weight is 530 g/mol. The summed E-state index contributed by atoms with van der Waals surface area (Å²) in [5, 5.41) is 24.4. The van der Waals surface area contributed by atoms with Crippen LogP contribution in [-0.2, 0) is 14.6 Å². The summed E-state index contributed by atoms with van der Waals surface area (Å²) in [6.45, 7) is -0.0768. The maximum Gasteiger partial charge on any atom is 0.248 e. The number of hydrogen-bond acceptors (Lipinski definition) is 10. The molecule has 4 aliphatic rings. The molecule has 0 radical (unpaired) electrons. The van der Waals surface area contributed by atoms with E-state index in [0.717, 1.165) is 25.5 Å². The molecule has 4 N–H and O–H groups in total. The third-order valence-electron chi connectivity index (χ3n) is 8.34. The normalized spacial score (nSPS) is 26.9. The number of nitrogen functional groups attached to an aromatic ring is 1. The van der Waals surface area contributed by atoms with E-state index in [1.165, 1.54) is 4.52 Å². The Kier molecular flexibility index (Phi) is 5.58. The van der Waals surface area contributed by atoms with Gasteiger partial charge in [0.05, 0.1) is 23.9 Å². The van der Waals surface area contributed by atoms with E-state index in [4.69, 9.17) is 10.7 Å². The Morgan fingerprint density at radius 1 is 1.24 bits per heavy atom. The van der Waals surface area contributed by atoms with Crippen molar-refractivity contribution in [3.8, 4) is 0 Å². The van der Waals surface area contributed by atoms with Gasteiger partial charge >= 0.3 is 0 Å². The van der Waals surface area contributed by atoms with Crippen LogP contribution in [0.4, 0.5) is 11.5 Å². The molecule has 37 heavy (non-hydrogen) atoms. The number of anilines is 2. The van der Waals surface area contributed by atoms with Crippen LogP contribution in [0.5, 0.6) is 0 Å². The monoisotopic (exact) mass is 529 g/mol. The van der Waals surface area contributed by atoms with Crippen LogP contribution in [-0.4, -0.2) is 87.5 Å². The van der Waals surface area contributed by atoms with Gasteiger partial charge in [0.2, 0.25) is 5.91 Å². The van der Waals surface area contributed by atoms with Gasteiger partial charge in [-0.2, -0.15) is 9.61 Å². The fourth-order valence-corrected chi connectivity index (χ4v) is 7.47. The number of aliphatic hydroxyl groups is 2. The fraction of sp³-hybridized carbons (Fsp3) is 0.583. The molecule has 0 unspecified atom stereocenters. The summed E-state index contributed by atoms with van der Waals surface area (Å²) < 4.78 is 27.2. The Balaban J connectivity index is 1.39. The molecule has 2 aromatic heterocycles. The lowest BCUT2D eigenvalue weighted by Crippen LogP contribution is -2.47. The summed E-state index contributed by atoms with van der Waals surface area (Å²) in [6, 6.07) is -0.149. The first-order valence-electron chi connectivity index (χ1n) is 12.6. The summed E-state index contributed by atoms with van der Waals surface area (Å²) in [5.74, 6) is -0.503. The summed E-state index contributed by atoms with van der Waals surface area (Å²) >= 11 is 0. The number of rotatable bonds is 5. The number of amides is 1. The third kappa shape index (κ3) is 3.82. The second-order valence-electron chi connectivity index (χ2n) is 10.6. The molecule has 1 amide bonds. The Morgan fingerprint density at radius 3 is 2.49 bits per heavy atom. The van der Waals surface area contributed by atoms with E-state index >= 15 is 0 Å². The van der Waals surface area contributed by atoms with E-state index in [-0.39, 0.29) is 34.6 Å². The molecule has 5 heterocycles. The number of aromatic nitrogens is 3. The van der Waals surface area contributed by atoms with Crippen molar-refractivity contribution >= 4 is 39.2 Å². The van der Waals surface area contributed by atoms with Gasteiger partial charge < -0.3 is 25.7 Å². The minimum Gasteiger partial charge on any atom is -0.387 e. The van der Waals surface area contributed by atoms with Crippen LogP contribution in [0.2, 0.25) is 0 Å². The number of sulfone groups is 1. The van der Waals surface area contributed by atoms with Crippen molar-refractivity contribution in [2.24, 2.45) is 4.99 Å². The second-order valence-corrected chi connectivity index (χ2v) is 12.6. The molecule has 3 atom stereocenters. The van der Waals surface area contributed by atoms with Gasteiger partial charge in [-0.15, -0.1) is 0 Å². The van der Waals surface area contributed by atoms with Crippen LogP contribution in [0.1, 0.15) is 56.6 Å². The number of fused-ring (bicyclic) bond motifs is 3. The highest BCUT2D eigenvalue weighted by Crippen LogP contribution is 2.45. The molecule has 2 aromatic rings. The molecule has 2 bridgehead atoms. The second kappa shape index (κ2) is 8.50. The summed E-state index contributed by atoms with van der Waals surface area (Å²) in [4.78, 5) is 25.2. The topological polar surface area (TPSA) is 167 Å². The Bertz CT molecular complexity index is 1430. The first kappa shape index (κ1) is 24.3. The van der Waals surface area contributed by atoms with Crippen molar-refractivity contribution in [1.82, 2.24) is 19.5 Å². The minimum absolute atomic E-state index is 0.00363. The van der Waals surface area contributed by atoms with E-state index in [0.29, 0.717) is 55.0 Å². The maximum atomic E-state index is 12.9. The first-order chi connectivity index (χ1) is 17.6. The molecule has 1 saturated carbocycles. The molecule has 3 aliphatic heterocycles. The van der Waals surface area contributed by atoms with Crippen LogP contribution in [0.3, 0.4) is 0 Å². The van der Waals surface area contributed by atoms with Crippen molar-refractivity contribution < 1.29 is 23.4 Å². The van der Waals surface area contributed by atoms with E-state index in [1.54, 1.807) is 17.4 Å². The van der Waals surface area contributed by atoms with Gasteiger partial charge in [-0.25, -0.2) is 18.4 Å². The van der Waals surface area contributed by atoms with Crippen molar-refractivity contribution in [3.63, 3.8) is 0 Å². The maximum absolute atomic E-state index is 12.9. The zero-order valence-electron chi connectivity index (χ0n) is 20.6. The van der Waals surface area contributed by atoms with E-state index in [9.17, 15) is 23.4 Å². The standard InChI is InChI=1S/C24H31N7O5S/c1-37(35,36)21-20(14-9-15-3-4-16(10-14)30(15)19(33)12-32)28-23-17(11-27-31(23)22(21)25)29-8-5-18(26-13-29)24(34)6-2-7-24/h5,11,13-16,32,34H,2-4,6-10,12,25H2,1H3/t14-,15+,16-. The Labute approximate surface area is 214 Å². The van der Waals surface area contributed by atoms with E-state index in [1.807, 2.05) is 11.0 Å². The highest BCUT2D eigenvalue weighted by Gasteiger charge is 2.45. The summed E-state index contributed by atoms with van der Waals surface area (Å²) in [7, 11) is -3.74. The predicted octanol–water partition coefficient (Wildman–Crippen LogP) is 0.592. The largest absolute Gasteiger partial charge is 0.387 e. The zero-order chi connectivity index (χ0) is 26.1. The Morgan fingerprint density at radius 2 is 1.95 bits per heavy atom. The number of aliphatic imine (C=N–C) groups is 1. The zero-order valence-corrected chi connectivity index (χ0v) is 21.4. The number of nitrogens with zero attached hydrogens (tertiary/aromatic N) is 6. The third-order valence-corrected chi connectivity index (χ3v) is 9.50. The van der Waals surface area contributed by atoms with E-state index < -0.39 is 22.0 Å². The van der Waals surface area contributed by atoms with Crippen LogP contribution in [0.15, 0.2) is 27.9 Å². The number of piperidine rings is 1. The quantitative estimate of drug-likeness (QED) is 0.502. The lowest BCUT2D eigenvalue weighted by Gasteiger charge is -2.39. The molecular formula is C24H31N7O5S. The van der Waals surface area contributed by atoms with Crippen molar-refractivity contribution in [1.29, 1.82) is 0 Å². The molecule has 1 aliphatic carbocycles. The van der Waals surface area contributed by atoms with Crippen molar-refractivity contribution in [3.05, 3.63) is 23.7 Å². The predicted molar refractivity (Wildman–Crippen MR) is 136 cm³/mol. The van der Waals surface area contributed by atoms with E-state index in [2.05, 4.69) is 10.1 Å². The average Bonchev–Trinajstić information content (AvgIpc) is 3.39. The molecule has 12 nitrogen and oxygen atoms in total. The summed E-state index contributed by atoms with van der Waals surface area (Å²) in [5.41, 5.74) is 7.69. The van der Waals surface area contributed by atoms with Gasteiger partial charge in [-0.05, 0) is 51.0 Å².